The van der Waals surface area contributed by atoms with Crippen molar-refractivity contribution in [2.24, 2.45) is 0 Å². The maximum atomic E-state index is 9.85. The van der Waals surface area contributed by atoms with E-state index in [9.17, 15) is 5.11 Å². The normalized spacial score (nSPS) is 15.0. The van der Waals surface area contributed by atoms with Crippen LogP contribution in [0.25, 0.3) is 0 Å². The van der Waals surface area contributed by atoms with Crippen LogP contribution in [0, 0.1) is 0 Å². The van der Waals surface area contributed by atoms with Gasteiger partial charge in [0.05, 0.1) is 21.1 Å². The van der Waals surface area contributed by atoms with E-state index in [0.29, 0.717) is 4.48 Å². The SMILES string of the molecule is CC(C)=CCC/C(C)=C/C(O)[N+](C)(C)C. The predicted octanol–water partition coefficient (Wildman–Crippen LogP) is 2.70. The number of allylic oxidation sites excluding steroid dienone is 3. The van der Waals surface area contributed by atoms with Crippen molar-refractivity contribution in [3.8, 4) is 0 Å². The monoisotopic (exact) mass is 212 g/mol. The molecule has 1 N–H and O–H groups in total. The third-order valence-electron chi connectivity index (χ3n) is 2.32. The first-order valence-corrected chi connectivity index (χ1v) is 5.53. The van der Waals surface area contributed by atoms with Gasteiger partial charge in [0.25, 0.3) is 0 Å². The summed E-state index contributed by atoms with van der Waals surface area (Å²) in [7, 11) is 5.97. The molecule has 0 aromatic rings. The van der Waals surface area contributed by atoms with Crippen LogP contribution in [0.3, 0.4) is 0 Å². The van der Waals surface area contributed by atoms with E-state index in [2.05, 4.69) is 26.8 Å². The van der Waals surface area contributed by atoms with Gasteiger partial charge in [0.1, 0.15) is 0 Å². The lowest BCUT2D eigenvalue weighted by Gasteiger charge is -2.28. The van der Waals surface area contributed by atoms with Gasteiger partial charge in [-0.1, -0.05) is 17.2 Å². The number of aliphatic hydroxyl groups is 1. The summed E-state index contributed by atoms with van der Waals surface area (Å²) in [6.07, 6.45) is 5.88. The summed E-state index contributed by atoms with van der Waals surface area (Å²) in [6, 6.07) is 0. The third-order valence-corrected chi connectivity index (χ3v) is 2.32. The molecule has 0 aliphatic heterocycles. The molecule has 0 saturated carbocycles. The lowest BCUT2D eigenvalue weighted by atomic mass is 10.1. The fourth-order valence-electron chi connectivity index (χ4n) is 1.15. The molecule has 0 radical (unpaired) electrons. The van der Waals surface area contributed by atoms with Crippen LogP contribution in [0.15, 0.2) is 23.3 Å². The summed E-state index contributed by atoms with van der Waals surface area (Å²) in [6.45, 7) is 6.30. The maximum Gasteiger partial charge on any atom is 0.210 e. The van der Waals surface area contributed by atoms with E-state index in [-0.39, 0.29) is 0 Å². The number of quaternary nitrogens is 1. The van der Waals surface area contributed by atoms with Gasteiger partial charge >= 0.3 is 0 Å². The van der Waals surface area contributed by atoms with E-state index in [1.54, 1.807) is 0 Å². The largest absolute Gasteiger partial charge is 0.341 e. The van der Waals surface area contributed by atoms with Crippen molar-refractivity contribution in [1.82, 2.24) is 0 Å². The highest BCUT2D eigenvalue weighted by atomic mass is 16.3. The lowest BCUT2D eigenvalue weighted by molar-refractivity contribution is -0.910. The number of hydrogen-bond donors (Lipinski definition) is 1. The number of hydrogen-bond acceptors (Lipinski definition) is 1. The summed E-state index contributed by atoms with van der Waals surface area (Å²) in [5.74, 6) is 0. The second kappa shape index (κ2) is 6.09. The first-order chi connectivity index (χ1) is 6.73. The third kappa shape index (κ3) is 7.34. The topological polar surface area (TPSA) is 20.2 Å². The van der Waals surface area contributed by atoms with Crippen LogP contribution < -0.4 is 0 Å². The summed E-state index contributed by atoms with van der Waals surface area (Å²) < 4.78 is 0.556. The van der Waals surface area contributed by atoms with Crippen LogP contribution >= 0.6 is 0 Å². The molecular weight excluding hydrogens is 186 g/mol. The molecule has 0 aliphatic rings. The van der Waals surface area contributed by atoms with Crippen LogP contribution in [0.5, 0.6) is 0 Å². The Labute approximate surface area is 94.5 Å². The van der Waals surface area contributed by atoms with E-state index in [1.165, 1.54) is 11.1 Å². The predicted molar refractivity (Wildman–Crippen MR) is 66.5 cm³/mol. The molecule has 1 unspecified atom stereocenters. The number of aliphatic hydroxyl groups excluding tert-OH is 1. The Morgan fingerprint density at radius 3 is 2.13 bits per heavy atom. The average Bonchev–Trinajstić information content (AvgIpc) is 2.01. The van der Waals surface area contributed by atoms with Crippen molar-refractivity contribution >= 4 is 0 Å². The molecular formula is C13H26NO+. The molecule has 88 valence electrons. The second-order valence-electron chi connectivity index (χ2n) is 5.36. The Balaban J connectivity index is 4.15. The van der Waals surface area contributed by atoms with Gasteiger partial charge in [-0.2, -0.15) is 0 Å². The molecule has 0 bridgehead atoms. The fourth-order valence-corrected chi connectivity index (χ4v) is 1.15. The molecule has 15 heavy (non-hydrogen) atoms. The first kappa shape index (κ1) is 14.4. The van der Waals surface area contributed by atoms with Gasteiger partial charge in [-0.05, 0) is 33.6 Å². The molecule has 0 amide bonds. The van der Waals surface area contributed by atoms with Crippen LogP contribution in [0.1, 0.15) is 33.6 Å². The molecule has 2 nitrogen and oxygen atoms in total. The number of nitrogens with zero attached hydrogens (tertiary/aromatic N) is 1. The van der Waals surface area contributed by atoms with E-state index in [1.807, 2.05) is 27.2 Å². The van der Waals surface area contributed by atoms with Crippen molar-refractivity contribution in [1.29, 1.82) is 0 Å². The smallest absolute Gasteiger partial charge is 0.210 e. The molecule has 0 aromatic carbocycles. The van der Waals surface area contributed by atoms with Crippen LogP contribution in [0.2, 0.25) is 0 Å². The highest BCUT2D eigenvalue weighted by Crippen LogP contribution is 2.10. The number of likely N-dealkylation sites (N-methyl/N-ethyl adjacent to an activating group) is 1. The highest BCUT2D eigenvalue weighted by molar-refractivity contribution is 5.03. The number of rotatable bonds is 5. The van der Waals surface area contributed by atoms with Gasteiger partial charge < -0.3 is 9.59 Å². The second-order valence-corrected chi connectivity index (χ2v) is 5.36. The van der Waals surface area contributed by atoms with Gasteiger partial charge in [-0.3, -0.25) is 0 Å². The van der Waals surface area contributed by atoms with E-state index >= 15 is 0 Å². The fraction of sp³-hybridized carbons (Fsp3) is 0.692. The zero-order valence-corrected chi connectivity index (χ0v) is 11.0. The summed E-state index contributed by atoms with van der Waals surface area (Å²) in [4.78, 5) is 0. The van der Waals surface area contributed by atoms with Gasteiger partial charge in [0.15, 0.2) is 0 Å². The van der Waals surface area contributed by atoms with Crippen LogP contribution in [0.4, 0.5) is 0 Å². The molecule has 1 atom stereocenters. The zero-order chi connectivity index (χ0) is 12.1. The molecule has 0 heterocycles. The van der Waals surface area contributed by atoms with Crippen molar-refractivity contribution in [3.05, 3.63) is 23.3 Å². The molecule has 2 heteroatoms. The van der Waals surface area contributed by atoms with Crippen molar-refractivity contribution < 1.29 is 9.59 Å². The van der Waals surface area contributed by atoms with Gasteiger partial charge in [0.2, 0.25) is 6.23 Å². The molecule has 0 aliphatic carbocycles. The molecule has 0 spiro atoms. The Bertz CT molecular complexity index is 242. The average molecular weight is 212 g/mol. The minimum atomic E-state index is -0.406. The minimum Gasteiger partial charge on any atom is -0.341 e. The Morgan fingerprint density at radius 1 is 1.20 bits per heavy atom. The van der Waals surface area contributed by atoms with Gasteiger partial charge in [0, 0.05) is 6.08 Å². The standard InChI is InChI=1S/C13H26NO/c1-11(2)8-7-9-12(3)10-13(15)14(4,5)6/h8,10,13,15H,7,9H2,1-6H3/q+1/b12-10+. The molecule has 0 rings (SSSR count). The first-order valence-electron chi connectivity index (χ1n) is 5.53. The molecule has 0 saturated heterocycles. The van der Waals surface area contributed by atoms with Crippen LogP contribution in [-0.4, -0.2) is 37.0 Å². The summed E-state index contributed by atoms with van der Waals surface area (Å²) in [5.41, 5.74) is 2.61. The van der Waals surface area contributed by atoms with Gasteiger partial charge in [-0.15, -0.1) is 0 Å². The van der Waals surface area contributed by atoms with E-state index in [4.69, 9.17) is 0 Å². The Morgan fingerprint density at radius 2 is 1.73 bits per heavy atom. The summed E-state index contributed by atoms with van der Waals surface area (Å²) >= 11 is 0. The quantitative estimate of drug-likeness (QED) is 0.422. The maximum absolute atomic E-state index is 9.85. The van der Waals surface area contributed by atoms with Crippen molar-refractivity contribution in [3.63, 3.8) is 0 Å². The zero-order valence-electron chi connectivity index (χ0n) is 11.0. The van der Waals surface area contributed by atoms with Crippen LogP contribution in [-0.2, 0) is 0 Å². The van der Waals surface area contributed by atoms with Gasteiger partial charge in [-0.25, -0.2) is 0 Å². The highest BCUT2D eigenvalue weighted by Gasteiger charge is 2.17. The Hall–Kier alpha value is -0.600. The molecule has 0 aromatic heterocycles. The summed E-state index contributed by atoms with van der Waals surface area (Å²) in [5, 5.41) is 9.85. The van der Waals surface area contributed by atoms with E-state index < -0.39 is 6.23 Å². The Kier molecular flexibility index (Phi) is 5.84. The lowest BCUT2D eigenvalue weighted by Crippen LogP contribution is -2.43. The molecule has 0 fully saturated rings. The van der Waals surface area contributed by atoms with Crippen molar-refractivity contribution in [2.45, 2.75) is 39.8 Å². The van der Waals surface area contributed by atoms with Crippen molar-refractivity contribution in [2.75, 3.05) is 21.1 Å². The van der Waals surface area contributed by atoms with E-state index in [0.717, 1.165) is 12.8 Å². The minimum absolute atomic E-state index is 0.406.